The molecule has 1 saturated heterocycles. The van der Waals surface area contributed by atoms with E-state index in [1.165, 1.54) is 0 Å². The van der Waals surface area contributed by atoms with Crippen LogP contribution in [-0.4, -0.2) is 38.0 Å². The third-order valence-electron chi connectivity index (χ3n) is 3.10. The monoisotopic (exact) mass is 274 g/mol. The maximum atomic E-state index is 11.4. The van der Waals surface area contributed by atoms with Crippen LogP contribution < -0.4 is 4.90 Å². The zero-order valence-corrected chi connectivity index (χ0v) is 11.2. The Morgan fingerprint density at radius 2 is 2.35 bits per heavy atom. The van der Waals surface area contributed by atoms with Crippen molar-refractivity contribution in [3.63, 3.8) is 0 Å². The van der Waals surface area contributed by atoms with Crippen LogP contribution in [0.15, 0.2) is 18.3 Å². The van der Waals surface area contributed by atoms with E-state index in [0.29, 0.717) is 12.3 Å². The maximum absolute atomic E-state index is 11.4. The van der Waals surface area contributed by atoms with Crippen LogP contribution in [0.4, 0.5) is 5.69 Å². The number of pyridine rings is 1. The maximum Gasteiger partial charge on any atom is 0.152 e. The van der Waals surface area contributed by atoms with Gasteiger partial charge in [0.15, 0.2) is 9.84 Å². The molecule has 0 bridgehead atoms. The third kappa shape index (κ3) is 2.90. The average molecular weight is 275 g/mol. The van der Waals surface area contributed by atoms with Gasteiger partial charge in [0.05, 0.1) is 23.1 Å². The molecular weight excluding hydrogens is 260 g/mol. The van der Waals surface area contributed by atoms with E-state index in [1.807, 2.05) is 24.1 Å². The lowest BCUT2D eigenvalue weighted by molar-refractivity contribution is 0.601. The minimum atomic E-state index is -2.85. The highest BCUT2D eigenvalue weighted by Gasteiger charge is 2.30. The molecule has 0 spiro atoms. The predicted octanol–water partition coefficient (Wildman–Crippen LogP) is 1.44. The SMILES string of the molecule is CN(c1ccnc(CCl)c1)C1CCS(=O)(=O)C1. The van der Waals surface area contributed by atoms with Crippen molar-refractivity contribution in [1.29, 1.82) is 0 Å². The van der Waals surface area contributed by atoms with Gasteiger partial charge in [0.25, 0.3) is 0 Å². The number of hydrogen-bond donors (Lipinski definition) is 0. The van der Waals surface area contributed by atoms with Crippen molar-refractivity contribution in [2.75, 3.05) is 23.5 Å². The van der Waals surface area contributed by atoms with Crippen LogP contribution in [0.1, 0.15) is 12.1 Å². The second-order valence-corrected chi connectivity index (χ2v) is 6.80. The van der Waals surface area contributed by atoms with Gasteiger partial charge in [0, 0.05) is 25.0 Å². The van der Waals surface area contributed by atoms with E-state index in [4.69, 9.17) is 11.6 Å². The van der Waals surface area contributed by atoms with Gasteiger partial charge in [-0.15, -0.1) is 11.6 Å². The van der Waals surface area contributed by atoms with Gasteiger partial charge in [-0.1, -0.05) is 0 Å². The lowest BCUT2D eigenvalue weighted by atomic mass is 10.2. The highest BCUT2D eigenvalue weighted by atomic mass is 35.5. The summed E-state index contributed by atoms with van der Waals surface area (Å²) in [5.74, 6) is 0.891. The summed E-state index contributed by atoms with van der Waals surface area (Å²) in [7, 11) is -0.932. The predicted molar refractivity (Wildman–Crippen MR) is 69.3 cm³/mol. The molecule has 94 valence electrons. The highest BCUT2D eigenvalue weighted by molar-refractivity contribution is 7.91. The summed E-state index contributed by atoms with van der Waals surface area (Å²) in [6.45, 7) is 0. The first-order chi connectivity index (χ1) is 8.02. The van der Waals surface area contributed by atoms with Crippen molar-refractivity contribution >= 4 is 27.1 Å². The van der Waals surface area contributed by atoms with Crippen molar-refractivity contribution in [3.05, 3.63) is 24.0 Å². The second-order valence-electron chi connectivity index (χ2n) is 4.31. The van der Waals surface area contributed by atoms with E-state index < -0.39 is 9.84 Å². The van der Waals surface area contributed by atoms with Crippen molar-refractivity contribution in [3.8, 4) is 0 Å². The van der Waals surface area contributed by atoms with Crippen LogP contribution in [0.3, 0.4) is 0 Å². The molecule has 1 aliphatic heterocycles. The number of rotatable bonds is 3. The van der Waals surface area contributed by atoms with Crippen LogP contribution >= 0.6 is 11.6 Å². The molecule has 6 heteroatoms. The standard InChI is InChI=1S/C11H15ClN2O2S/c1-14(11-3-5-17(15,16)8-11)10-2-4-13-9(6-10)7-12/h2,4,6,11H,3,5,7-8H2,1H3. The van der Waals surface area contributed by atoms with Gasteiger partial charge in [-0.25, -0.2) is 8.42 Å². The van der Waals surface area contributed by atoms with Crippen molar-refractivity contribution in [2.24, 2.45) is 0 Å². The normalized spacial score (nSPS) is 22.6. The Balaban J connectivity index is 2.17. The smallest absolute Gasteiger partial charge is 0.152 e. The first-order valence-electron chi connectivity index (χ1n) is 5.46. The van der Waals surface area contributed by atoms with E-state index >= 15 is 0 Å². The van der Waals surface area contributed by atoms with Gasteiger partial charge < -0.3 is 4.90 Å². The molecule has 1 fully saturated rings. The second kappa shape index (κ2) is 4.82. The van der Waals surface area contributed by atoms with E-state index in [9.17, 15) is 8.42 Å². The van der Waals surface area contributed by atoms with E-state index in [-0.39, 0.29) is 17.5 Å². The van der Waals surface area contributed by atoms with Crippen molar-refractivity contribution in [1.82, 2.24) is 4.98 Å². The molecule has 1 atom stereocenters. The average Bonchev–Trinajstić information content (AvgIpc) is 2.69. The number of halogens is 1. The molecule has 0 saturated carbocycles. The Morgan fingerprint density at radius 1 is 1.59 bits per heavy atom. The van der Waals surface area contributed by atoms with Crippen molar-refractivity contribution in [2.45, 2.75) is 18.3 Å². The zero-order valence-electron chi connectivity index (χ0n) is 9.63. The molecular formula is C11H15ClN2O2S. The molecule has 1 aromatic rings. The first kappa shape index (κ1) is 12.6. The molecule has 4 nitrogen and oxygen atoms in total. The molecule has 0 aromatic carbocycles. The van der Waals surface area contributed by atoms with E-state index in [0.717, 1.165) is 11.4 Å². The third-order valence-corrected chi connectivity index (χ3v) is 5.12. The minimum absolute atomic E-state index is 0.0607. The van der Waals surface area contributed by atoms with Crippen LogP contribution in [0.25, 0.3) is 0 Å². The first-order valence-corrected chi connectivity index (χ1v) is 7.81. The van der Waals surface area contributed by atoms with Gasteiger partial charge in [0.1, 0.15) is 0 Å². The molecule has 0 amide bonds. The molecule has 0 radical (unpaired) electrons. The number of aromatic nitrogens is 1. The molecule has 0 aliphatic carbocycles. The largest absolute Gasteiger partial charge is 0.370 e. The molecule has 2 heterocycles. The number of alkyl halides is 1. The number of sulfone groups is 1. The Morgan fingerprint density at radius 3 is 2.94 bits per heavy atom. The Labute approximate surface area is 107 Å². The lowest BCUT2D eigenvalue weighted by Gasteiger charge is -2.25. The van der Waals surface area contributed by atoms with Crippen molar-refractivity contribution < 1.29 is 8.42 Å². The fraction of sp³-hybridized carbons (Fsp3) is 0.545. The van der Waals surface area contributed by atoms with Gasteiger partial charge in [-0.05, 0) is 18.6 Å². The lowest BCUT2D eigenvalue weighted by Crippen LogP contribution is -2.32. The number of hydrogen-bond acceptors (Lipinski definition) is 4. The fourth-order valence-corrected chi connectivity index (χ4v) is 3.97. The minimum Gasteiger partial charge on any atom is -0.370 e. The molecule has 0 N–H and O–H groups in total. The molecule has 1 aromatic heterocycles. The summed E-state index contributed by atoms with van der Waals surface area (Å²) in [5, 5.41) is 0. The summed E-state index contributed by atoms with van der Waals surface area (Å²) in [4.78, 5) is 6.12. The Bertz CT molecular complexity index is 504. The Kier molecular flexibility index (Phi) is 3.58. The topological polar surface area (TPSA) is 50.3 Å². The van der Waals surface area contributed by atoms with Gasteiger partial charge in [0.2, 0.25) is 0 Å². The fourth-order valence-electron chi connectivity index (χ4n) is 2.05. The summed E-state index contributed by atoms with van der Waals surface area (Å²) < 4.78 is 22.9. The van der Waals surface area contributed by atoms with E-state index in [2.05, 4.69) is 4.98 Å². The summed E-state index contributed by atoms with van der Waals surface area (Å²) in [5.41, 5.74) is 1.77. The number of anilines is 1. The van der Waals surface area contributed by atoms with Gasteiger partial charge in [-0.2, -0.15) is 0 Å². The molecule has 1 unspecified atom stereocenters. The van der Waals surface area contributed by atoms with E-state index in [1.54, 1.807) is 6.20 Å². The van der Waals surface area contributed by atoms with Crippen LogP contribution in [-0.2, 0) is 15.7 Å². The quantitative estimate of drug-likeness (QED) is 0.783. The van der Waals surface area contributed by atoms with Crippen LogP contribution in [0, 0.1) is 0 Å². The molecule has 2 rings (SSSR count). The highest BCUT2D eigenvalue weighted by Crippen LogP contribution is 2.23. The summed E-state index contributed by atoms with van der Waals surface area (Å²) >= 11 is 5.73. The number of nitrogens with zero attached hydrogens (tertiary/aromatic N) is 2. The summed E-state index contributed by atoms with van der Waals surface area (Å²) in [6, 6.07) is 3.84. The molecule has 17 heavy (non-hydrogen) atoms. The van der Waals surface area contributed by atoms with Crippen LogP contribution in [0.2, 0.25) is 0 Å². The van der Waals surface area contributed by atoms with Gasteiger partial charge >= 0.3 is 0 Å². The van der Waals surface area contributed by atoms with Gasteiger partial charge in [-0.3, -0.25) is 4.98 Å². The Hall–Kier alpha value is -0.810. The molecule has 1 aliphatic rings. The zero-order chi connectivity index (χ0) is 12.5. The van der Waals surface area contributed by atoms with Crippen LogP contribution in [0.5, 0.6) is 0 Å². The summed E-state index contributed by atoms with van der Waals surface area (Å²) in [6.07, 6.45) is 2.39.